The first kappa shape index (κ1) is 11.7. The molecule has 0 spiro atoms. The molecule has 0 fully saturated rings. The van der Waals surface area contributed by atoms with Crippen molar-refractivity contribution in [2.75, 3.05) is 0 Å². The van der Waals surface area contributed by atoms with Crippen LogP contribution in [0, 0.1) is 5.41 Å². The zero-order valence-electron chi connectivity index (χ0n) is 10.6. The van der Waals surface area contributed by atoms with Crippen LogP contribution in [0.15, 0.2) is 17.5 Å². The highest BCUT2D eigenvalue weighted by Gasteiger charge is 2.37. The molecule has 2 aromatic rings. The van der Waals surface area contributed by atoms with E-state index in [2.05, 4.69) is 21.6 Å². The van der Waals surface area contributed by atoms with E-state index in [4.69, 9.17) is 0 Å². The van der Waals surface area contributed by atoms with Crippen LogP contribution in [0.25, 0.3) is 0 Å². The number of hydrogen-bond acceptors (Lipinski definition) is 3. The van der Waals surface area contributed by atoms with Crippen molar-refractivity contribution in [3.05, 3.63) is 39.3 Å². The molecule has 0 aromatic carbocycles. The zero-order chi connectivity index (χ0) is 12.8. The van der Waals surface area contributed by atoms with Crippen LogP contribution in [-0.2, 0) is 12.8 Å². The van der Waals surface area contributed by atoms with Gasteiger partial charge in [-0.05, 0) is 24.3 Å². The van der Waals surface area contributed by atoms with E-state index in [1.54, 1.807) is 11.3 Å². The molecule has 1 N–H and O–H groups in total. The first-order valence-corrected chi connectivity index (χ1v) is 7.09. The van der Waals surface area contributed by atoms with Gasteiger partial charge in [0.1, 0.15) is 0 Å². The smallest absolute Gasteiger partial charge is 0.172 e. The normalized spacial score (nSPS) is 17.8. The van der Waals surface area contributed by atoms with Crippen LogP contribution in [-0.4, -0.2) is 16.0 Å². The van der Waals surface area contributed by atoms with Crippen molar-refractivity contribution in [1.82, 2.24) is 10.2 Å². The maximum atomic E-state index is 12.5. The minimum absolute atomic E-state index is 0.240. The summed E-state index contributed by atoms with van der Waals surface area (Å²) in [5, 5.41) is 9.45. The molecule has 0 aliphatic heterocycles. The second-order valence-corrected chi connectivity index (χ2v) is 6.53. The van der Waals surface area contributed by atoms with E-state index >= 15 is 0 Å². The van der Waals surface area contributed by atoms with Gasteiger partial charge in [0.05, 0.1) is 11.3 Å². The molecule has 4 heteroatoms. The molecule has 3 nitrogen and oxygen atoms in total. The van der Waals surface area contributed by atoms with Gasteiger partial charge in [-0.3, -0.25) is 9.89 Å². The minimum Gasteiger partial charge on any atom is -0.293 e. The zero-order valence-corrected chi connectivity index (χ0v) is 11.4. The van der Waals surface area contributed by atoms with Gasteiger partial charge in [0.25, 0.3) is 0 Å². The molecule has 0 unspecified atom stereocenters. The number of carbonyl (C=O) groups excluding carboxylic acids is 1. The second kappa shape index (κ2) is 4.05. The Bertz CT molecular complexity index is 581. The van der Waals surface area contributed by atoms with E-state index in [1.165, 1.54) is 4.88 Å². The summed E-state index contributed by atoms with van der Waals surface area (Å²) >= 11 is 1.71. The van der Waals surface area contributed by atoms with Crippen LogP contribution in [0.5, 0.6) is 0 Å². The van der Waals surface area contributed by atoms with Crippen LogP contribution in [0.2, 0.25) is 0 Å². The standard InChI is InChI=1S/C14H16N2OS/c1-14(2)6-5-10-12(13(14)17)11(16-15-10)8-9-4-3-7-18-9/h3-4,7H,5-6,8H2,1-2H3,(H,15,16). The molecule has 0 saturated heterocycles. The Balaban J connectivity index is 1.99. The highest BCUT2D eigenvalue weighted by Crippen LogP contribution is 2.35. The minimum atomic E-state index is -0.249. The predicted octanol–water partition coefficient (Wildman–Crippen LogP) is 3.22. The molecule has 2 aromatic heterocycles. The average molecular weight is 260 g/mol. The molecule has 0 radical (unpaired) electrons. The van der Waals surface area contributed by atoms with Gasteiger partial charge >= 0.3 is 0 Å². The van der Waals surface area contributed by atoms with Gasteiger partial charge in [0.15, 0.2) is 5.78 Å². The number of aryl methyl sites for hydroxylation is 1. The highest BCUT2D eigenvalue weighted by molar-refractivity contribution is 7.09. The van der Waals surface area contributed by atoms with E-state index in [9.17, 15) is 4.79 Å². The molecule has 3 rings (SSSR count). The summed E-state index contributed by atoms with van der Waals surface area (Å²) in [4.78, 5) is 13.7. The third-order valence-corrected chi connectivity index (χ3v) is 4.56. The maximum absolute atomic E-state index is 12.5. The molecule has 94 valence electrons. The third-order valence-electron chi connectivity index (χ3n) is 3.68. The fraction of sp³-hybridized carbons (Fsp3) is 0.429. The second-order valence-electron chi connectivity index (χ2n) is 5.49. The van der Waals surface area contributed by atoms with Crippen LogP contribution in [0.1, 0.15) is 46.9 Å². The number of aromatic amines is 1. The largest absolute Gasteiger partial charge is 0.293 e. The lowest BCUT2D eigenvalue weighted by Gasteiger charge is -2.27. The summed E-state index contributed by atoms with van der Waals surface area (Å²) in [7, 11) is 0. The molecule has 1 aliphatic rings. The van der Waals surface area contributed by atoms with Gasteiger partial charge in [-0.15, -0.1) is 11.3 Å². The number of H-pyrrole nitrogens is 1. The predicted molar refractivity (Wildman–Crippen MR) is 72.1 cm³/mol. The Morgan fingerprint density at radius 2 is 2.33 bits per heavy atom. The molecule has 0 amide bonds. The van der Waals surface area contributed by atoms with Gasteiger partial charge < -0.3 is 0 Å². The number of ketones is 1. The number of Topliss-reactive ketones (excluding diaryl/α,β-unsaturated/α-hetero) is 1. The summed E-state index contributed by atoms with van der Waals surface area (Å²) in [6.45, 7) is 4.06. The van der Waals surface area contributed by atoms with Gasteiger partial charge in [0.2, 0.25) is 0 Å². The summed E-state index contributed by atoms with van der Waals surface area (Å²) < 4.78 is 0. The van der Waals surface area contributed by atoms with Gasteiger partial charge in [0, 0.05) is 22.4 Å². The Morgan fingerprint density at radius 3 is 3.06 bits per heavy atom. The summed E-state index contributed by atoms with van der Waals surface area (Å²) in [6, 6.07) is 4.12. The Labute approximate surface area is 110 Å². The van der Waals surface area contributed by atoms with Crippen LogP contribution in [0.3, 0.4) is 0 Å². The van der Waals surface area contributed by atoms with E-state index in [1.807, 2.05) is 19.9 Å². The molecular weight excluding hydrogens is 244 g/mol. The van der Waals surface area contributed by atoms with E-state index in [-0.39, 0.29) is 11.2 Å². The average Bonchev–Trinajstić information content (AvgIpc) is 2.95. The van der Waals surface area contributed by atoms with E-state index < -0.39 is 0 Å². The quantitative estimate of drug-likeness (QED) is 0.901. The van der Waals surface area contributed by atoms with Crippen molar-refractivity contribution in [2.24, 2.45) is 5.41 Å². The molecule has 1 aliphatic carbocycles. The van der Waals surface area contributed by atoms with Crippen molar-refractivity contribution in [3.63, 3.8) is 0 Å². The Kier molecular flexibility index (Phi) is 2.63. The van der Waals surface area contributed by atoms with Gasteiger partial charge in [-0.1, -0.05) is 19.9 Å². The van der Waals surface area contributed by atoms with Crippen LogP contribution < -0.4 is 0 Å². The number of aromatic nitrogens is 2. The molecule has 0 bridgehead atoms. The highest BCUT2D eigenvalue weighted by atomic mass is 32.1. The Morgan fingerprint density at radius 1 is 1.50 bits per heavy atom. The lowest BCUT2D eigenvalue weighted by molar-refractivity contribution is 0.0810. The molecule has 0 saturated carbocycles. The topological polar surface area (TPSA) is 45.8 Å². The lowest BCUT2D eigenvalue weighted by atomic mass is 9.74. The third kappa shape index (κ3) is 1.81. The summed E-state index contributed by atoms with van der Waals surface area (Å²) in [5.41, 5.74) is 2.52. The Hall–Kier alpha value is -1.42. The van der Waals surface area contributed by atoms with Crippen molar-refractivity contribution in [1.29, 1.82) is 0 Å². The van der Waals surface area contributed by atoms with E-state index in [0.717, 1.165) is 36.2 Å². The number of carbonyl (C=O) groups is 1. The SMILES string of the molecule is CC1(C)CCc2[nH]nc(Cc3cccs3)c2C1=O. The van der Waals surface area contributed by atoms with Gasteiger partial charge in [-0.2, -0.15) is 5.10 Å². The maximum Gasteiger partial charge on any atom is 0.172 e. The van der Waals surface area contributed by atoms with Crippen LogP contribution in [0.4, 0.5) is 0 Å². The molecule has 2 heterocycles. The summed E-state index contributed by atoms with van der Waals surface area (Å²) in [6.07, 6.45) is 2.58. The number of rotatable bonds is 2. The fourth-order valence-corrected chi connectivity index (χ4v) is 3.17. The van der Waals surface area contributed by atoms with Gasteiger partial charge in [-0.25, -0.2) is 0 Å². The lowest BCUT2D eigenvalue weighted by Crippen LogP contribution is -2.30. The summed E-state index contributed by atoms with van der Waals surface area (Å²) in [5.74, 6) is 0.240. The monoisotopic (exact) mass is 260 g/mol. The molecule has 18 heavy (non-hydrogen) atoms. The number of fused-ring (bicyclic) bond motifs is 1. The first-order chi connectivity index (χ1) is 8.58. The van der Waals surface area contributed by atoms with Crippen molar-refractivity contribution in [3.8, 4) is 0 Å². The van der Waals surface area contributed by atoms with E-state index in [0.29, 0.717) is 0 Å². The molecular formula is C14H16N2OS. The van der Waals surface area contributed by atoms with Crippen molar-refractivity contribution in [2.45, 2.75) is 33.1 Å². The first-order valence-electron chi connectivity index (χ1n) is 6.21. The number of thiophene rings is 1. The number of nitrogens with one attached hydrogen (secondary N) is 1. The number of nitrogens with zero attached hydrogens (tertiary/aromatic N) is 1. The molecule has 0 atom stereocenters. The van der Waals surface area contributed by atoms with Crippen molar-refractivity contribution >= 4 is 17.1 Å². The van der Waals surface area contributed by atoms with Crippen LogP contribution >= 0.6 is 11.3 Å². The fourth-order valence-electron chi connectivity index (χ4n) is 2.47. The van der Waals surface area contributed by atoms with Crippen molar-refractivity contribution < 1.29 is 4.79 Å². The number of hydrogen-bond donors (Lipinski definition) is 1.